The van der Waals surface area contributed by atoms with Gasteiger partial charge in [0.25, 0.3) is 11.5 Å². The summed E-state index contributed by atoms with van der Waals surface area (Å²) in [7, 11) is 0. The molecule has 3 rings (SSSR count). The number of nitrogens with zero attached hydrogens (tertiary/aromatic N) is 1. The van der Waals surface area contributed by atoms with Crippen molar-refractivity contribution in [2.24, 2.45) is 0 Å². The van der Waals surface area contributed by atoms with Gasteiger partial charge >= 0.3 is 0 Å². The third-order valence-corrected chi connectivity index (χ3v) is 3.63. The van der Waals surface area contributed by atoms with Gasteiger partial charge < -0.3 is 9.88 Å². The molecule has 1 aliphatic heterocycles. The van der Waals surface area contributed by atoms with E-state index in [4.69, 9.17) is 0 Å². The average Bonchev–Trinajstić information content (AvgIpc) is 2.47. The monoisotopic (exact) mass is 256 g/mol. The Balaban J connectivity index is 2.01. The van der Waals surface area contributed by atoms with Gasteiger partial charge in [-0.25, -0.2) is 0 Å². The maximum Gasteiger partial charge on any atom is 0.261 e. The van der Waals surface area contributed by atoms with Crippen molar-refractivity contribution in [3.05, 3.63) is 46.2 Å². The van der Waals surface area contributed by atoms with E-state index in [0.29, 0.717) is 0 Å². The fourth-order valence-electron chi connectivity index (χ4n) is 2.57. The molecule has 1 fully saturated rings. The van der Waals surface area contributed by atoms with Crippen molar-refractivity contribution in [1.29, 1.82) is 0 Å². The third kappa shape index (κ3) is 2.26. The molecule has 1 aromatic heterocycles. The van der Waals surface area contributed by atoms with Crippen LogP contribution in [0.2, 0.25) is 0 Å². The number of hydrogen-bond acceptors (Lipinski definition) is 2. The van der Waals surface area contributed by atoms with E-state index < -0.39 is 0 Å². The summed E-state index contributed by atoms with van der Waals surface area (Å²) in [6.07, 6.45) is 3.21. The highest BCUT2D eigenvalue weighted by atomic mass is 16.2. The van der Waals surface area contributed by atoms with Crippen LogP contribution in [0.5, 0.6) is 0 Å². The zero-order valence-electron chi connectivity index (χ0n) is 10.7. The van der Waals surface area contributed by atoms with Gasteiger partial charge in [-0.2, -0.15) is 0 Å². The molecule has 1 aliphatic rings. The molecular formula is C15H16N2O2. The minimum atomic E-state index is -0.297. The van der Waals surface area contributed by atoms with E-state index in [0.717, 1.165) is 43.3 Å². The zero-order valence-corrected chi connectivity index (χ0v) is 10.7. The second-order valence-electron chi connectivity index (χ2n) is 4.95. The number of fused-ring (bicyclic) bond motifs is 1. The Bertz CT molecular complexity index is 669. The number of pyridine rings is 1. The van der Waals surface area contributed by atoms with E-state index >= 15 is 0 Å². The number of benzene rings is 1. The number of piperidine rings is 1. The van der Waals surface area contributed by atoms with Crippen LogP contribution in [0.4, 0.5) is 0 Å². The second kappa shape index (κ2) is 4.88. The van der Waals surface area contributed by atoms with Crippen molar-refractivity contribution in [3.63, 3.8) is 0 Å². The van der Waals surface area contributed by atoms with Crippen LogP contribution in [0.15, 0.2) is 35.1 Å². The lowest BCUT2D eigenvalue weighted by atomic mass is 10.1. The first-order chi connectivity index (χ1) is 9.25. The number of likely N-dealkylation sites (tertiary alicyclic amines) is 1. The third-order valence-electron chi connectivity index (χ3n) is 3.63. The maximum absolute atomic E-state index is 12.4. The molecule has 2 aromatic rings. The number of carbonyl (C=O) groups is 1. The normalized spacial score (nSPS) is 15.7. The summed E-state index contributed by atoms with van der Waals surface area (Å²) in [6.45, 7) is 1.51. The smallest absolute Gasteiger partial charge is 0.261 e. The Morgan fingerprint density at radius 2 is 1.84 bits per heavy atom. The molecule has 1 aromatic carbocycles. The standard InChI is InChI=1S/C15H16N2O2/c18-14-12(15(19)17-8-4-1-5-9-17)10-11-6-2-3-7-13(11)16-14/h2-3,6-7,10H,1,4-5,8-9H2,(H,16,18). The Morgan fingerprint density at radius 1 is 1.11 bits per heavy atom. The Morgan fingerprint density at radius 3 is 2.63 bits per heavy atom. The summed E-state index contributed by atoms with van der Waals surface area (Å²) in [4.78, 5) is 28.9. The number of aromatic amines is 1. The first kappa shape index (κ1) is 12.0. The highest BCUT2D eigenvalue weighted by Crippen LogP contribution is 2.14. The van der Waals surface area contributed by atoms with Crippen molar-refractivity contribution in [2.45, 2.75) is 19.3 Å². The molecule has 0 bridgehead atoms. The summed E-state index contributed by atoms with van der Waals surface area (Å²) >= 11 is 0. The number of rotatable bonds is 1. The van der Waals surface area contributed by atoms with Gasteiger partial charge in [-0.1, -0.05) is 18.2 Å². The molecule has 0 saturated carbocycles. The molecule has 0 aliphatic carbocycles. The van der Waals surface area contributed by atoms with Crippen LogP contribution in [0.25, 0.3) is 10.9 Å². The molecule has 2 heterocycles. The molecule has 98 valence electrons. The largest absolute Gasteiger partial charge is 0.338 e. The Labute approximate surface area is 111 Å². The van der Waals surface area contributed by atoms with Gasteiger partial charge in [-0.15, -0.1) is 0 Å². The SMILES string of the molecule is O=C(c1cc2ccccc2[nH]c1=O)N1CCCCC1. The zero-order chi connectivity index (χ0) is 13.2. The average molecular weight is 256 g/mol. The lowest BCUT2D eigenvalue weighted by molar-refractivity contribution is 0.0722. The quantitative estimate of drug-likeness (QED) is 0.850. The molecule has 4 nitrogen and oxygen atoms in total. The van der Waals surface area contributed by atoms with E-state index in [2.05, 4.69) is 4.98 Å². The number of nitrogens with one attached hydrogen (secondary N) is 1. The van der Waals surface area contributed by atoms with Crippen LogP contribution >= 0.6 is 0 Å². The van der Waals surface area contributed by atoms with Crippen molar-refractivity contribution in [2.75, 3.05) is 13.1 Å². The van der Waals surface area contributed by atoms with E-state index in [1.807, 2.05) is 24.3 Å². The molecule has 1 N–H and O–H groups in total. The molecule has 1 saturated heterocycles. The summed E-state index contributed by atoms with van der Waals surface area (Å²) in [6, 6.07) is 9.20. The topological polar surface area (TPSA) is 53.2 Å². The Kier molecular flexibility index (Phi) is 3.07. The number of H-pyrrole nitrogens is 1. The minimum Gasteiger partial charge on any atom is -0.338 e. The van der Waals surface area contributed by atoms with E-state index in [1.165, 1.54) is 0 Å². The van der Waals surface area contributed by atoms with Gasteiger partial charge in [-0.3, -0.25) is 9.59 Å². The van der Waals surface area contributed by atoms with Crippen LogP contribution in [-0.4, -0.2) is 28.9 Å². The van der Waals surface area contributed by atoms with Gasteiger partial charge in [-0.05, 0) is 36.8 Å². The highest BCUT2D eigenvalue weighted by molar-refractivity contribution is 5.97. The molecule has 0 spiro atoms. The van der Waals surface area contributed by atoms with Crippen molar-refractivity contribution < 1.29 is 4.79 Å². The second-order valence-corrected chi connectivity index (χ2v) is 4.95. The van der Waals surface area contributed by atoms with E-state index in [-0.39, 0.29) is 17.0 Å². The molecular weight excluding hydrogens is 240 g/mol. The van der Waals surface area contributed by atoms with Gasteiger partial charge in [0.2, 0.25) is 0 Å². The molecule has 19 heavy (non-hydrogen) atoms. The van der Waals surface area contributed by atoms with Crippen LogP contribution in [-0.2, 0) is 0 Å². The summed E-state index contributed by atoms with van der Waals surface area (Å²) in [5.74, 6) is -0.147. The number of aromatic nitrogens is 1. The predicted octanol–water partition coefficient (Wildman–Crippen LogP) is 2.15. The first-order valence-corrected chi connectivity index (χ1v) is 6.67. The number of carbonyl (C=O) groups excluding carboxylic acids is 1. The molecule has 4 heteroatoms. The summed E-state index contributed by atoms with van der Waals surface area (Å²) in [5.41, 5.74) is 0.720. The molecule has 0 atom stereocenters. The predicted molar refractivity (Wildman–Crippen MR) is 74.3 cm³/mol. The highest BCUT2D eigenvalue weighted by Gasteiger charge is 2.20. The first-order valence-electron chi connectivity index (χ1n) is 6.67. The van der Waals surface area contributed by atoms with Gasteiger partial charge in [0.15, 0.2) is 0 Å². The summed E-state index contributed by atoms with van der Waals surface area (Å²) in [5, 5.41) is 0.891. The molecule has 0 unspecified atom stereocenters. The van der Waals surface area contributed by atoms with Crippen molar-refractivity contribution >= 4 is 16.8 Å². The Hall–Kier alpha value is -2.10. The summed E-state index contributed by atoms with van der Waals surface area (Å²) < 4.78 is 0. The number of amides is 1. The maximum atomic E-state index is 12.4. The van der Waals surface area contributed by atoms with Crippen molar-refractivity contribution in [1.82, 2.24) is 9.88 Å². The fourth-order valence-corrected chi connectivity index (χ4v) is 2.57. The number of para-hydroxylation sites is 1. The molecule has 0 radical (unpaired) electrons. The van der Waals surface area contributed by atoms with E-state index in [9.17, 15) is 9.59 Å². The van der Waals surface area contributed by atoms with Crippen LogP contribution in [0.3, 0.4) is 0 Å². The van der Waals surface area contributed by atoms with Gasteiger partial charge in [0, 0.05) is 18.6 Å². The lowest BCUT2D eigenvalue weighted by Gasteiger charge is -2.26. The fraction of sp³-hybridized carbons (Fsp3) is 0.333. The van der Waals surface area contributed by atoms with E-state index in [1.54, 1.807) is 11.0 Å². The minimum absolute atomic E-state index is 0.147. The van der Waals surface area contributed by atoms with Crippen LogP contribution in [0, 0.1) is 0 Å². The van der Waals surface area contributed by atoms with Gasteiger partial charge in [0.05, 0.1) is 0 Å². The lowest BCUT2D eigenvalue weighted by Crippen LogP contribution is -2.38. The van der Waals surface area contributed by atoms with Crippen LogP contribution < -0.4 is 5.56 Å². The number of hydrogen-bond donors (Lipinski definition) is 1. The van der Waals surface area contributed by atoms with Crippen molar-refractivity contribution in [3.8, 4) is 0 Å². The van der Waals surface area contributed by atoms with Crippen LogP contribution in [0.1, 0.15) is 29.6 Å². The van der Waals surface area contributed by atoms with Gasteiger partial charge in [0.1, 0.15) is 5.56 Å². The molecule has 1 amide bonds.